The first-order valence-electron chi connectivity index (χ1n) is 12.4. The number of unbranched alkanes of at least 4 members (excludes halogenated alkanes) is 1. The minimum Gasteiger partial charge on any atom is -0.481 e. The van der Waals surface area contributed by atoms with Crippen molar-refractivity contribution in [3.8, 4) is 0 Å². The molecule has 0 aliphatic heterocycles. The standard InChI is InChI=1S/C27H33N5O6/c1-31(27(37)38-2)26(36)19-11-12-22-21(16-19)30-25(32(22)17-18-8-4-3-5-9-18)20(10-6-7-15-28)29-23(33)13-14-24(34)35/h3-5,8-9,11-12,16,20H,6-7,10,13-15,17,28H2,1-2H3,(H,29,33)(H,34,35). The molecule has 1 aromatic heterocycles. The molecule has 0 aliphatic carbocycles. The zero-order valence-electron chi connectivity index (χ0n) is 21.6. The fourth-order valence-electron chi connectivity index (χ4n) is 4.14. The molecule has 1 atom stereocenters. The van der Waals surface area contributed by atoms with Gasteiger partial charge in [0.25, 0.3) is 5.91 Å². The van der Waals surface area contributed by atoms with Crippen LogP contribution in [0.5, 0.6) is 0 Å². The number of imide groups is 1. The van der Waals surface area contributed by atoms with E-state index in [4.69, 9.17) is 15.8 Å². The van der Waals surface area contributed by atoms with Crippen LogP contribution in [0.15, 0.2) is 48.5 Å². The third kappa shape index (κ3) is 7.16. The molecule has 0 saturated carbocycles. The SMILES string of the molecule is COC(=O)N(C)C(=O)c1ccc2c(c1)nc(C(CCCCN)NC(=O)CCC(=O)O)n2Cc1ccccc1. The normalized spacial score (nSPS) is 11.7. The van der Waals surface area contributed by atoms with E-state index in [9.17, 15) is 19.2 Å². The lowest BCUT2D eigenvalue weighted by atomic mass is 10.1. The molecule has 3 rings (SSSR count). The van der Waals surface area contributed by atoms with E-state index < -0.39 is 24.0 Å². The number of nitrogens with two attached hydrogens (primary N) is 1. The first-order chi connectivity index (χ1) is 18.2. The molecule has 0 radical (unpaired) electrons. The number of aromatic nitrogens is 2. The van der Waals surface area contributed by atoms with E-state index >= 15 is 0 Å². The lowest BCUT2D eigenvalue weighted by Gasteiger charge is -2.20. The third-order valence-corrected chi connectivity index (χ3v) is 6.12. The topological polar surface area (TPSA) is 157 Å². The van der Waals surface area contributed by atoms with Crippen molar-refractivity contribution < 1.29 is 29.0 Å². The minimum absolute atomic E-state index is 0.153. The Morgan fingerprint density at radius 3 is 2.50 bits per heavy atom. The highest BCUT2D eigenvalue weighted by Gasteiger charge is 2.25. The smallest absolute Gasteiger partial charge is 0.416 e. The molecule has 4 N–H and O–H groups in total. The lowest BCUT2D eigenvalue weighted by molar-refractivity contribution is -0.139. The molecule has 0 spiro atoms. The molecule has 1 heterocycles. The van der Waals surface area contributed by atoms with Gasteiger partial charge in [0.05, 0.1) is 30.6 Å². The first-order valence-corrected chi connectivity index (χ1v) is 12.4. The van der Waals surface area contributed by atoms with E-state index in [0.29, 0.717) is 30.9 Å². The molecule has 11 heteroatoms. The Hall–Kier alpha value is -4.25. The van der Waals surface area contributed by atoms with Gasteiger partial charge in [-0.3, -0.25) is 14.4 Å². The van der Waals surface area contributed by atoms with Gasteiger partial charge in [0.2, 0.25) is 5.91 Å². The number of fused-ring (bicyclic) bond motifs is 1. The number of benzene rings is 2. The predicted molar refractivity (Wildman–Crippen MR) is 140 cm³/mol. The number of nitrogens with one attached hydrogen (secondary N) is 1. The van der Waals surface area contributed by atoms with Gasteiger partial charge in [0.1, 0.15) is 5.82 Å². The van der Waals surface area contributed by atoms with Crippen molar-refractivity contribution in [3.05, 3.63) is 65.5 Å². The summed E-state index contributed by atoms with van der Waals surface area (Å²) in [6, 6.07) is 14.2. The molecule has 0 aliphatic rings. The van der Waals surface area contributed by atoms with Gasteiger partial charge < -0.3 is 25.5 Å². The van der Waals surface area contributed by atoms with E-state index in [-0.39, 0.29) is 24.3 Å². The van der Waals surface area contributed by atoms with Crippen LogP contribution in [0.3, 0.4) is 0 Å². The van der Waals surface area contributed by atoms with Crippen molar-refractivity contribution in [2.24, 2.45) is 5.73 Å². The van der Waals surface area contributed by atoms with Crippen molar-refractivity contribution in [2.45, 2.75) is 44.7 Å². The van der Waals surface area contributed by atoms with Crippen LogP contribution in [0.4, 0.5) is 4.79 Å². The van der Waals surface area contributed by atoms with Crippen LogP contribution in [-0.4, -0.2) is 64.1 Å². The zero-order chi connectivity index (χ0) is 27.7. The quantitative estimate of drug-likeness (QED) is 0.306. The fraction of sp³-hybridized carbons (Fsp3) is 0.370. The van der Waals surface area contributed by atoms with E-state index in [0.717, 1.165) is 28.8 Å². The minimum atomic E-state index is -1.05. The number of ether oxygens (including phenoxy) is 1. The van der Waals surface area contributed by atoms with Crippen LogP contribution in [0, 0.1) is 0 Å². The molecule has 3 amide bonds. The van der Waals surface area contributed by atoms with E-state index in [2.05, 4.69) is 10.1 Å². The highest BCUT2D eigenvalue weighted by Crippen LogP contribution is 2.27. The molecule has 0 fully saturated rings. The summed E-state index contributed by atoms with van der Waals surface area (Å²) in [4.78, 5) is 54.0. The summed E-state index contributed by atoms with van der Waals surface area (Å²) in [6.45, 7) is 0.958. The predicted octanol–water partition coefficient (Wildman–Crippen LogP) is 3.07. The lowest BCUT2D eigenvalue weighted by Crippen LogP contribution is -2.32. The van der Waals surface area contributed by atoms with Crippen molar-refractivity contribution in [1.82, 2.24) is 19.8 Å². The Labute approximate surface area is 220 Å². The average molecular weight is 524 g/mol. The summed E-state index contributed by atoms with van der Waals surface area (Å²) in [5.74, 6) is -1.40. The summed E-state index contributed by atoms with van der Waals surface area (Å²) >= 11 is 0. The maximum atomic E-state index is 12.8. The number of hydrogen-bond acceptors (Lipinski definition) is 7. The van der Waals surface area contributed by atoms with Gasteiger partial charge in [-0.05, 0) is 49.6 Å². The number of rotatable bonds is 12. The van der Waals surface area contributed by atoms with Crippen molar-refractivity contribution in [3.63, 3.8) is 0 Å². The van der Waals surface area contributed by atoms with Gasteiger partial charge in [-0.2, -0.15) is 0 Å². The highest BCUT2D eigenvalue weighted by atomic mass is 16.5. The first kappa shape index (κ1) is 28.3. The van der Waals surface area contributed by atoms with Crippen molar-refractivity contribution >= 4 is 34.9 Å². The largest absolute Gasteiger partial charge is 0.481 e. The number of amides is 3. The monoisotopic (exact) mass is 523 g/mol. The van der Waals surface area contributed by atoms with Crippen LogP contribution in [-0.2, 0) is 20.9 Å². The van der Waals surface area contributed by atoms with Crippen LogP contribution in [0.25, 0.3) is 11.0 Å². The number of carboxylic acids is 1. The summed E-state index contributed by atoms with van der Waals surface area (Å²) in [5.41, 5.74) is 8.21. The van der Waals surface area contributed by atoms with Gasteiger partial charge in [0, 0.05) is 25.6 Å². The van der Waals surface area contributed by atoms with Gasteiger partial charge in [-0.1, -0.05) is 30.3 Å². The maximum absolute atomic E-state index is 12.8. The number of carboxylic acid groups (broad SMARTS) is 1. The molecule has 0 saturated heterocycles. The second-order valence-corrected chi connectivity index (χ2v) is 8.88. The van der Waals surface area contributed by atoms with Crippen LogP contribution in [0.1, 0.15) is 59.9 Å². The number of nitrogens with zero attached hydrogens (tertiary/aromatic N) is 3. The molecule has 11 nitrogen and oxygen atoms in total. The van der Waals surface area contributed by atoms with E-state index in [1.165, 1.54) is 14.2 Å². The molecule has 3 aromatic rings. The number of aliphatic carboxylic acids is 1. The maximum Gasteiger partial charge on any atom is 0.416 e. The van der Waals surface area contributed by atoms with E-state index in [1.807, 2.05) is 34.9 Å². The number of carbonyl (C=O) groups is 4. The molecular weight excluding hydrogens is 490 g/mol. The summed E-state index contributed by atoms with van der Waals surface area (Å²) < 4.78 is 6.62. The van der Waals surface area contributed by atoms with Crippen LogP contribution >= 0.6 is 0 Å². The summed E-state index contributed by atoms with van der Waals surface area (Å²) in [5, 5.41) is 11.9. The molecular formula is C27H33N5O6. The number of hydrogen-bond donors (Lipinski definition) is 3. The Morgan fingerprint density at radius 1 is 1.11 bits per heavy atom. The average Bonchev–Trinajstić information content (AvgIpc) is 3.27. The molecule has 2 aromatic carbocycles. The molecule has 1 unspecified atom stereocenters. The van der Waals surface area contributed by atoms with Crippen molar-refractivity contribution in [1.29, 1.82) is 0 Å². The second-order valence-electron chi connectivity index (χ2n) is 8.88. The third-order valence-electron chi connectivity index (χ3n) is 6.12. The highest BCUT2D eigenvalue weighted by molar-refractivity contribution is 6.04. The number of imidazole rings is 1. The Balaban J connectivity index is 2.06. The van der Waals surface area contributed by atoms with Gasteiger partial charge in [-0.25, -0.2) is 14.7 Å². The molecule has 202 valence electrons. The van der Waals surface area contributed by atoms with Gasteiger partial charge in [-0.15, -0.1) is 0 Å². The number of methoxy groups -OCH3 is 1. The van der Waals surface area contributed by atoms with Gasteiger partial charge in [0.15, 0.2) is 0 Å². The Bertz CT molecular complexity index is 1290. The Kier molecular flexibility index (Phi) is 9.94. The van der Waals surface area contributed by atoms with Crippen molar-refractivity contribution in [2.75, 3.05) is 20.7 Å². The molecule has 0 bridgehead atoms. The van der Waals surface area contributed by atoms with Crippen LogP contribution < -0.4 is 11.1 Å². The zero-order valence-corrected chi connectivity index (χ0v) is 21.6. The number of carbonyl (C=O) groups excluding carboxylic acids is 3. The van der Waals surface area contributed by atoms with E-state index in [1.54, 1.807) is 18.2 Å². The fourth-order valence-corrected chi connectivity index (χ4v) is 4.14. The second kappa shape index (κ2) is 13.3. The van der Waals surface area contributed by atoms with Crippen LogP contribution in [0.2, 0.25) is 0 Å². The summed E-state index contributed by atoms with van der Waals surface area (Å²) in [6.07, 6.45) is 0.808. The molecule has 38 heavy (non-hydrogen) atoms. The summed E-state index contributed by atoms with van der Waals surface area (Å²) in [7, 11) is 2.53. The van der Waals surface area contributed by atoms with Gasteiger partial charge >= 0.3 is 12.1 Å². The Morgan fingerprint density at radius 2 is 1.84 bits per heavy atom.